The van der Waals surface area contributed by atoms with Crippen LogP contribution in [-0.4, -0.2) is 69.4 Å². The van der Waals surface area contributed by atoms with Crippen molar-refractivity contribution in [3.8, 4) is 11.4 Å². The van der Waals surface area contributed by atoms with Gasteiger partial charge in [0.2, 0.25) is 11.8 Å². The lowest BCUT2D eigenvalue weighted by molar-refractivity contribution is -0.139. The van der Waals surface area contributed by atoms with E-state index in [2.05, 4.69) is 45.9 Å². The molecule has 0 radical (unpaired) electrons. The molecule has 16 heteroatoms. The molecule has 0 aliphatic carbocycles. The maximum absolute atomic E-state index is 13.0. The number of amides is 1. The van der Waals surface area contributed by atoms with Crippen LogP contribution in [0.25, 0.3) is 22.6 Å². The highest BCUT2D eigenvalue weighted by molar-refractivity contribution is 7.98. The number of hydrogen-bond acceptors (Lipinski definition) is 13. The van der Waals surface area contributed by atoms with Crippen LogP contribution in [0.15, 0.2) is 53.6 Å². The molecule has 0 spiro atoms. The highest BCUT2D eigenvalue weighted by Crippen LogP contribution is 2.25. The summed E-state index contributed by atoms with van der Waals surface area (Å²) >= 11 is 1.47. The zero-order valence-electron chi connectivity index (χ0n) is 24.1. The van der Waals surface area contributed by atoms with E-state index in [1.807, 2.05) is 19.1 Å². The number of ketones is 1. The number of nitrogens with zero attached hydrogens (tertiary/aromatic N) is 7. The molecule has 0 aliphatic heterocycles. The molecular formula is C29H29N11O4S. The largest absolute Gasteiger partial charge is 0.480 e. The van der Waals surface area contributed by atoms with Crippen molar-refractivity contribution >= 4 is 52.4 Å². The number of rotatable bonds is 13. The standard InChI is InChI=1S/C29H29N11O4S/c1-15-6-11-19(20(12-15)25-37-39-40-38-25)22(41)5-3-2-4-21(28(43)44)34-27(42)16-7-9-18(10-8-16)45-14-17-13-32-26-23(33-17)24(30)35-29(31)36-26/h6-13,21H,2-5,14H2,1H3,(H,34,42)(H,43,44)(H,37,38,39,40)(H4,30,31,32,35,36)/t21-/m0/s1. The zero-order valence-corrected chi connectivity index (χ0v) is 24.9. The van der Waals surface area contributed by atoms with Crippen molar-refractivity contribution in [2.75, 3.05) is 11.5 Å². The lowest BCUT2D eigenvalue weighted by Gasteiger charge is -2.15. The molecule has 1 amide bonds. The third-order valence-corrected chi connectivity index (χ3v) is 7.86. The average Bonchev–Trinajstić information content (AvgIpc) is 3.56. The molecule has 230 valence electrons. The number of aromatic amines is 1. The van der Waals surface area contributed by atoms with Crippen LogP contribution in [0.2, 0.25) is 0 Å². The van der Waals surface area contributed by atoms with E-state index in [9.17, 15) is 19.5 Å². The summed E-state index contributed by atoms with van der Waals surface area (Å²) in [6.45, 7) is 1.90. The first-order valence-corrected chi connectivity index (χ1v) is 14.9. The molecule has 0 fully saturated rings. The van der Waals surface area contributed by atoms with Crippen LogP contribution in [0.3, 0.4) is 0 Å². The van der Waals surface area contributed by atoms with Crippen molar-refractivity contribution in [1.29, 1.82) is 0 Å². The number of aliphatic carboxylic acids is 1. The molecule has 2 aromatic carbocycles. The number of aromatic nitrogens is 8. The van der Waals surface area contributed by atoms with Crippen molar-refractivity contribution in [1.82, 2.24) is 45.9 Å². The van der Waals surface area contributed by atoms with Gasteiger partial charge in [0.15, 0.2) is 22.8 Å². The van der Waals surface area contributed by atoms with Gasteiger partial charge >= 0.3 is 5.97 Å². The van der Waals surface area contributed by atoms with Gasteiger partial charge in [0.05, 0.1) is 11.9 Å². The Labute approximate surface area is 260 Å². The monoisotopic (exact) mass is 627 g/mol. The fourth-order valence-electron chi connectivity index (χ4n) is 4.54. The van der Waals surface area contributed by atoms with E-state index in [4.69, 9.17) is 11.5 Å². The molecular weight excluding hydrogens is 598 g/mol. The number of Topliss-reactive ketones (excluding diaryl/α,β-unsaturated/α-hetero) is 1. The molecule has 5 aromatic rings. The quantitative estimate of drug-likeness (QED) is 0.0716. The van der Waals surface area contributed by atoms with Gasteiger partial charge in [0, 0.05) is 33.8 Å². The normalized spacial score (nSPS) is 11.8. The number of anilines is 2. The molecule has 7 N–H and O–H groups in total. The molecule has 0 saturated heterocycles. The molecule has 0 unspecified atom stereocenters. The van der Waals surface area contributed by atoms with Gasteiger partial charge in [-0.15, -0.1) is 22.0 Å². The second kappa shape index (κ2) is 13.9. The van der Waals surface area contributed by atoms with E-state index in [0.717, 1.165) is 10.5 Å². The number of H-pyrrole nitrogens is 1. The van der Waals surface area contributed by atoms with Crippen molar-refractivity contribution in [2.45, 2.75) is 49.3 Å². The summed E-state index contributed by atoms with van der Waals surface area (Å²) in [6.07, 6.45) is 2.82. The first-order valence-electron chi connectivity index (χ1n) is 13.9. The van der Waals surface area contributed by atoms with E-state index in [0.29, 0.717) is 58.0 Å². The topological polar surface area (TPSA) is 242 Å². The summed E-state index contributed by atoms with van der Waals surface area (Å²) in [7, 11) is 0. The highest BCUT2D eigenvalue weighted by atomic mass is 32.2. The number of nitrogens with one attached hydrogen (secondary N) is 2. The minimum absolute atomic E-state index is 0.0256. The highest BCUT2D eigenvalue weighted by Gasteiger charge is 2.21. The van der Waals surface area contributed by atoms with Crippen LogP contribution in [0.1, 0.15) is 57.7 Å². The van der Waals surface area contributed by atoms with Gasteiger partial charge in [-0.1, -0.05) is 24.1 Å². The van der Waals surface area contributed by atoms with Gasteiger partial charge < -0.3 is 21.9 Å². The Morgan fingerprint density at radius 1 is 1.04 bits per heavy atom. The number of benzene rings is 2. The number of tetrazole rings is 1. The summed E-state index contributed by atoms with van der Waals surface area (Å²) < 4.78 is 0. The molecule has 15 nitrogen and oxygen atoms in total. The van der Waals surface area contributed by atoms with E-state index < -0.39 is 17.9 Å². The number of fused-ring (bicyclic) bond motifs is 1. The molecule has 5 rings (SSSR count). The van der Waals surface area contributed by atoms with Gasteiger partial charge in [-0.2, -0.15) is 15.2 Å². The van der Waals surface area contributed by atoms with Gasteiger partial charge in [-0.3, -0.25) is 9.59 Å². The minimum Gasteiger partial charge on any atom is -0.480 e. The van der Waals surface area contributed by atoms with E-state index in [-0.39, 0.29) is 30.4 Å². The minimum atomic E-state index is -1.15. The summed E-state index contributed by atoms with van der Waals surface area (Å²) in [5.74, 6) is -0.784. The van der Waals surface area contributed by atoms with Crippen molar-refractivity contribution < 1.29 is 19.5 Å². The number of carbonyl (C=O) groups excluding carboxylic acids is 2. The predicted molar refractivity (Wildman–Crippen MR) is 166 cm³/mol. The fraction of sp³-hybridized carbons (Fsp3) is 0.241. The number of nitrogen functional groups attached to an aromatic ring is 2. The Hall–Kier alpha value is -5.51. The number of nitrogens with two attached hydrogens (primary N) is 2. The molecule has 3 aromatic heterocycles. The van der Waals surface area contributed by atoms with Gasteiger partial charge in [-0.05, 0) is 55.3 Å². The number of carboxylic acid groups (broad SMARTS) is 1. The lowest BCUT2D eigenvalue weighted by Crippen LogP contribution is -2.40. The average molecular weight is 628 g/mol. The van der Waals surface area contributed by atoms with E-state index in [1.165, 1.54) is 11.8 Å². The first-order chi connectivity index (χ1) is 21.7. The maximum Gasteiger partial charge on any atom is 0.326 e. The summed E-state index contributed by atoms with van der Waals surface area (Å²) in [6, 6.07) is 11.1. The molecule has 0 saturated carbocycles. The zero-order chi connectivity index (χ0) is 31.9. The van der Waals surface area contributed by atoms with Crippen LogP contribution >= 0.6 is 11.8 Å². The molecule has 45 heavy (non-hydrogen) atoms. The van der Waals surface area contributed by atoms with Crippen molar-refractivity contribution in [2.24, 2.45) is 0 Å². The van der Waals surface area contributed by atoms with Crippen LogP contribution in [-0.2, 0) is 10.5 Å². The number of carbonyl (C=O) groups is 3. The number of aryl methyl sites for hydroxylation is 1. The fourth-order valence-corrected chi connectivity index (χ4v) is 5.32. The molecule has 0 bridgehead atoms. The predicted octanol–water partition coefficient (Wildman–Crippen LogP) is 2.99. The Morgan fingerprint density at radius 3 is 2.58 bits per heavy atom. The van der Waals surface area contributed by atoms with Crippen LogP contribution < -0.4 is 16.8 Å². The molecule has 3 heterocycles. The lowest BCUT2D eigenvalue weighted by atomic mass is 9.97. The second-order valence-corrected chi connectivity index (χ2v) is 11.2. The Morgan fingerprint density at radius 2 is 1.84 bits per heavy atom. The number of unbranched alkanes of at least 4 members (excludes halogenated alkanes) is 1. The summed E-state index contributed by atoms with van der Waals surface area (Å²) in [5, 5.41) is 26.2. The van der Waals surface area contributed by atoms with Crippen LogP contribution in [0.4, 0.5) is 11.8 Å². The van der Waals surface area contributed by atoms with Crippen molar-refractivity contribution in [3.05, 3.63) is 71.0 Å². The molecule has 0 aliphatic rings. The van der Waals surface area contributed by atoms with Gasteiger partial charge in [0.25, 0.3) is 5.91 Å². The van der Waals surface area contributed by atoms with Crippen LogP contribution in [0, 0.1) is 6.92 Å². The van der Waals surface area contributed by atoms with Gasteiger partial charge in [0.1, 0.15) is 6.04 Å². The van der Waals surface area contributed by atoms with Crippen molar-refractivity contribution in [3.63, 3.8) is 0 Å². The Kier molecular flexibility index (Phi) is 9.52. The molecule has 1 atom stereocenters. The van der Waals surface area contributed by atoms with E-state index >= 15 is 0 Å². The second-order valence-electron chi connectivity index (χ2n) is 10.1. The maximum atomic E-state index is 13.0. The SMILES string of the molecule is Cc1ccc(C(=O)CCCC[C@H](NC(=O)c2ccc(SCc3cnc4nc(N)nc(N)c4n3)cc2)C(=O)O)c(-c2nn[nH]n2)c1. The van der Waals surface area contributed by atoms with Gasteiger partial charge in [-0.25, -0.2) is 14.8 Å². The smallest absolute Gasteiger partial charge is 0.326 e. The summed E-state index contributed by atoms with van der Waals surface area (Å²) in [4.78, 5) is 55.2. The number of thioether (sulfide) groups is 1. The number of carboxylic acids is 1. The third-order valence-electron chi connectivity index (χ3n) is 6.82. The third kappa shape index (κ3) is 7.72. The Bertz CT molecular complexity index is 1850. The Balaban J connectivity index is 1.11. The number of hydrogen-bond donors (Lipinski definition) is 5. The summed E-state index contributed by atoms with van der Waals surface area (Å²) in [5.41, 5.74) is 15.2. The van der Waals surface area contributed by atoms with Crippen LogP contribution in [0.5, 0.6) is 0 Å². The first kappa shape index (κ1) is 30.9. The van der Waals surface area contributed by atoms with E-state index in [1.54, 1.807) is 36.5 Å².